The second-order valence-electron chi connectivity index (χ2n) is 6.28. The lowest BCUT2D eigenvalue weighted by Crippen LogP contribution is -2.30. The van der Waals surface area contributed by atoms with Gasteiger partial charge in [-0.15, -0.1) is 0 Å². The molecule has 1 fully saturated rings. The smallest absolute Gasteiger partial charge is 0.335 e. The van der Waals surface area contributed by atoms with Crippen LogP contribution < -0.4 is 0 Å². The molecule has 1 atom stereocenters. The maximum absolute atomic E-state index is 12.6. The average Bonchev–Trinajstić information content (AvgIpc) is 3.03. The Morgan fingerprint density at radius 3 is 2.88 bits per heavy atom. The molecule has 2 aromatic rings. The van der Waals surface area contributed by atoms with Gasteiger partial charge in [0.15, 0.2) is 0 Å². The summed E-state index contributed by atoms with van der Waals surface area (Å²) < 4.78 is 0. The van der Waals surface area contributed by atoms with Crippen molar-refractivity contribution in [1.82, 2.24) is 9.88 Å². The lowest BCUT2D eigenvalue weighted by molar-refractivity contribution is 0.0696. The number of hydrogen-bond donors (Lipinski definition) is 1. The molecule has 2 heterocycles. The predicted octanol–water partition coefficient (Wildman–Crippen LogP) is 2.79. The molecular formula is C19H20N2O3. The summed E-state index contributed by atoms with van der Waals surface area (Å²) in [7, 11) is 0. The van der Waals surface area contributed by atoms with Gasteiger partial charge in [0.1, 0.15) is 5.69 Å². The van der Waals surface area contributed by atoms with Gasteiger partial charge in [0.05, 0.1) is 5.56 Å². The number of aromatic carboxylic acids is 1. The second kappa shape index (κ2) is 6.83. The summed E-state index contributed by atoms with van der Waals surface area (Å²) >= 11 is 0. The van der Waals surface area contributed by atoms with Crippen molar-refractivity contribution in [3.63, 3.8) is 0 Å². The van der Waals surface area contributed by atoms with E-state index < -0.39 is 5.97 Å². The molecule has 1 unspecified atom stereocenters. The minimum absolute atomic E-state index is 0.0186. The SMILES string of the molecule is Cc1cccnc1C(=O)N1CCC(Cc2cccc(C(=O)O)c2)C1. The van der Waals surface area contributed by atoms with Crippen LogP contribution in [-0.4, -0.2) is 40.0 Å². The van der Waals surface area contributed by atoms with Crippen LogP contribution in [0, 0.1) is 12.8 Å². The molecule has 1 aliphatic rings. The van der Waals surface area contributed by atoms with Crippen molar-refractivity contribution >= 4 is 11.9 Å². The van der Waals surface area contributed by atoms with Crippen molar-refractivity contribution in [2.24, 2.45) is 5.92 Å². The Balaban J connectivity index is 1.65. The topological polar surface area (TPSA) is 70.5 Å². The molecule has 1 saturated heterocycles. The van der Waals surface area contributed by atoms with Crippen molar-refractivity contribution in [3.8, 4) is 0 Å². The van der Waals surface area contributed by atoms with Gasteiger partial charge in [-0.25, -0.2) is 4.79 Å². The van der Waals surface area contributed by atoms with Crippen molar-refractivity contribution in [1.29, 1.82) is 0 Å². The molecule has 0 bridgehead atoms. The molecule has 1 aromatic heterocycles. The molecule has 0 aliphatic carbocycles. The zero-order valence-corrected chi connectivity index (χ0v) is 13.6. The van der Waals surface area contributed by atoms with E-state index in [1.165, 1.54) is 0 Å². The van der Waals surface area contributed by atoms with Crippen LogP contribution in [0.1, 0.15) is 38.4 Å². The molecule has 3 rings (SSSR count). The van der Waals surface area contributed by atoms with E-state index in [1.807, 2.05) is 30.0 Å². The Morgan fingerprint density at radius 2 is 2.12 bits per heavy atom. The van der Waals surface area contributed by atoms with Crippen molar-refractivity contribution in [2.45, 2.75) is 19.8 Å². The molecule has 0 saturated carbocycles. The van der Waals surface area contributed by atoms with Gasteiger partial charge < -0.3 is 10.0 Å². The van der Waals surface area contributed by atoms with Gasteiger partial charge in [0, 0.05) is 19.3 Å². The van der Waals surface area contributed by atoms with Crippen molar-refractivity contribution in [2.75, 3.05) is 13.1 Å². The highest BCUT2D eigenvalue weighted by Crippen LogP contribution is 2.23. The summed E-state index contributed by atoms with van der Waals surface area (Å²) in [6.45, 7) is 3.30. The number of likely N-dealkylation sites (tertiary alicyclic amines) is 1. The normalized spacial score (nSPS) is 17.0. The van der Waals surface area contributed by atoms with Crippen molar-refractivity contribution in [3.05, 3.63) is 65.0 Å². The summed E-state index contributed by atoms with van der Waals surface area (Å²) in [5, 5.41) is 9.08. The van der Waals surface area contributed by atoms with Crippen LogP contribution in [0.3, 0.4) is 0 Å². The molecule has 1 amide bonds. The number of benzene rings is 1. The number of carboxylic acid groups (broad SMARTS) is 1. The van der Waals surface area contributed by atoms with Crippen LogP contribution in [0.15, 0.2) is 42.6 Å². The molecule has 1 aliphatic heterocycles. The first kappa shape index (κ1) is 16.2. The first-order valence-electron chi connectivity index (χ1n) is 8.07. The molecular weight excluding hydrogens is 304 g/mol. The Kier molecular flexibility index (Phi) is 4.60. The molecule has 0 spiro atoms. The fourth-order valence-corrected chi connectivity index (χ4v) is 3.21. The zero-order valence-electron chi connectivity index (χ0n) is 13.6. The van der Waals surface area contributed by atoms with E-state index >= 15 is 0 Å². The number of carboxylic acids is 1. The summed E-state index contributed by atoms with van der Waals surface area (Å²) in [4.78, 5) is 29.7. The highest BCUT2D eigenvalue weighted by atomic mass is 16.4. The summed E-state index contributed by atoms with van der Waals surface area (Å²) in [5.74, 6) is -0.581. The first-order valence-corrected chi connectivity index (χ1v) is 8.07. The zero-order chi connectivity index (χ0) is 17.1. The lowest BCUT2D eigenvalue weighted by atomic mass is 9.97. The number of carbonyl (C=O) groups is 2. The van der Waals surface area contributed by atoms with Gasteiger partial charge >= 0.3 is 5.97 Å². The monoisotopic (exact) mass is 324 g/mol. The number of amides is 1. The number of carbonyl (C=O) groups excluding carboxylic acids is 1. The third-order valence-corrected chi connectivity index (χ3v) is 4.48. The third-order valence-electron chi connectivity index (χ3n) is 4.48. The maximum atomic E-state index is 12.6. The van der Waals surface area contributed by atoms with E-state index in [2.05, 4.69) is 4.98 Å². The quantitative estimate of drug-likeness (QED) is 0.939. The van der Waals surface area contributed by atoms with E-state index in [0.29, 0.717) is 23.7 Å². The van der Waals surface area contributed by atoms with Crippen LogP contribution in [0.4, 0.5) is 0 Å². The third kappa shape index (κ3) is 3.45. The number of aromatic nitrogens is 1. The Morgan fingerprint density at radius 1 is 1.29 bits per heavy atom. The van der Waals surface area contributed by atoms with Gasteiger partial charge in [-0.2, -0.15) is 0 Å². The highest BCUT2D eigenvalue weighted by molar-refractivity contribution is 5.93. The van der Waals surface area contributed by atoms with Gasteiger partial charge in [-0.3, -0.25) is 9.78 Å². The van der Waals surface area contributed by atoms with Crippen LogP contribution in [0.25, 0.3) is 0 Å². The van der Waals surface area contributed by atoms with Gasteiger partial charge in [-0.1, -0.05) is 18.2 Å². The fraction of sp³-hybridized carbons (Fsp3) is 0.316. The summed E-state index contributed by atoms with van der Waals surface area (Å²) in [5.41, 5.74) is 2.72. The fourth-order valence-electron chi connectivity index (χ4n) is 3.21. The first-order chi connectivity index (χ1) is 11.5. The molecule has 1 N–H and O–H groups in total. The van der Waals surface area contributed by atoms with Crippen molar-refractivity contribution < 1.29 is 14.7 Å². The Labute approximate surface area is 140 Å². The van der Waals surface area contributed by atoms with E-state index in [4.69, 9.17) is 5.11 Å². The lowest BCUT2D eigenvalue weighted by Gasteiger charge is -2.17. The Bertz CT molecular complexity index is 773. The van der Waals surface area contributed by atoms with Crippen LogP contribution in [0.5, 0.6) is 0 Å². The number of aryl methyl sites for hydroxylation is 1. The highest BCUT2D eigenvalue weighted by Gasteiger charge is 2.28. The minimum Gasteiger partial charge on any atom is -0.478 e. The Hall–Kier alpha value is -2.69. The predicted molar refractivity (Wildman–Crippen MR) is 90.1 cm³/mol. The number of nitrogens with zero attached hydrogens (tertiary/aromatic N) is 2. The molecule has 5 nitrogen and oxygen atoms in total. The van der Waals surface area contributed by atoms with E-state index in [0.717, 1.165) is 30.5 Å². The van der Waals surface area contributed by atoms with E-state index in [-0.39, 0.29) is 5.91 Å². The number of hydrogen-bond acceptors (Lipinski definition) is 3. The minimum atomic E-state index is -0.911. The van der Waals surface area contributed by atoms with E-state index in [1.54, 1.807) is 24.4 Å². The molecule has 0 radical (unpaired) electrons. The average molecular weight is 324 g/mol. The molecule has 1 aromatic carbocycles. The maximum Gasteiger partial charge on any atom is 0.335 e. The van der Waals surface area contributed by atoms with E-state index in [9.17, 15) is 9.59 Å². The van der Waals surface area contributed by atoms with Gasteiger partial charge in [0.2, 0.25) is 0 Å². The second-order valence-corrected chi connectivity index (χ2v) is 6.28. The summed E-state index contributed by atoms with van der Waals surface area (Å²) in [6.07, 6.45) is 3.35. The number of rotatable bonds is 4. The summed E-state index contributed by atoms with van der Waals surface area (Å²) in [6, 6.07) is 10.8. The molecule has 24 heavy (non-hydrogen) atoms. The van der Waals surface area contributed by atoms with Gasteiger partial charge in [0.25, 0.3) is 5.91 Å². The van der Waals surface area contributed by atoms with Gasteiger partial charge in [-0.05, 0) is 55.0 Å². The molecule has 124 valence electrons. The standard InChI is InChI=1S/C19H20N2O3/c1-13-4-3-8-20-17(13)18(22)21-9-7-15(12-21)10-14-5-2-6-16(11-14)19(23)24/h2-6,8,11,15H,7,9-10,12H2,1H3,(H,23,24). The molecule has 5 heteroatoms. The number of pyridine rings is 1. The van der Waals surface area contributed by atoms with Crippen LogP contribution in [0.2, 0.25) is 0 Å². The largest absolute Gasteiger partial charge is 0.478 e. The van der Waals surface area contributed by atoms with Crippen LogP contribution in [-0.2, 0) is 6.42 Å². The van der Waals surface area contributed by atoms with Crippen LogP contribution >= 0.6 is 0 Å².